The number of carbonyl (C=O) groups excluding carboxylic acids is 2. The van der Waals surface area contributed by atoms with Crippen LogP contribution in [-0.4, -0.2) is 73.1 Å². The van der Waals surface area contributed by atoms with Crippen molar-refractivity contribution in [1.82, 2.24) is 15.1 Å². The fourth-order valence-electron chi connectivity index (χ4n) is 3.26. The van der Waals surface area contributed by atoms with Crippen molar-refractivity contribution in [2.24, 2.45) is 0 Å². The standard InChI is InChI=1S/C18H25N3O3/c1-14-17(19-7-12-24-14)18(23)21-10-8-20(9-11-21)16(22)13-15-5-3-2-4-6-15/h2-6,14,17,19H,7-13H2,1H3/t14-,17+/m1/s1. The second-order valence-corrected chi connectivity index (χ2v) is 6.38. The van der Waals surface area contributed by atoms with Crippen molar-refractivity contribution in [2.75, 3.05) is 39.3 Å². The van der Waals surface area contributed by atoms with E-state index in [9.17, 15) is 9.59 Å². The first-order valence-corrected chi connectivity index (χ1v) is 8.60. The van der Waals surface area contributed by atoms with E-state index >= 15 is 0 Å². The summed E-state index contributed by atoms with van der Waals surface area (Å²) in [5.74, 6) is 0.207. The van der Waals surface area contributed by atoms with E-state index in [1.165, 1.54) is 0 Å². The van der Waals surface area contributed by atoms with E-state index in [1.54, 1.807) is 0 Å². The Hall–Kier alpha value is -1.92. The van der Waals surface area contributed by atoms with Gasteiger partial charge in [-0.1, -0.05) is 30.3 Å². The molecule has 0 aliphatic carbocycles. The Balaban J connectivity index is 1.50. The van der Waals surface area contributed by atoms with Gasteiger partial charge >= 0.3 is 0 Å². The van der Waals surface area contributed by atoms with Crippen LogP contribution in [-0.2, 0) is 20.7 Å². The van der Waals surface area contributed by atoms with Gasteiger partial charge in [-0.3, -0.25) is 9.59 Å². The number of hydrogen-bond acceptors (Lipinski definition) is 4. The van der Waals surface area contributed by atoms with Crippen LogP contribution in [0.4, 0.5) is 0 Å². The highest BCUT2D eigenvalue weighted by Crippen LogP contribution is 2.12. The van der Waals surface area contributed by atoms with E-state index in [4.69, 9.17) is 4.74 Å². The van der Waals surface area contributed by atoms with E-state index in [0.29, 0.717) is 45.8 Å². The number of piperazine rings is 1. The minimum absolute atomic E-state index is 0.0809. The maximum Gasteiger partial charge on any atom is 0.242 e. The molecule has 0 saturated carbocycles. The number of nitrogens with one attached hydrogen (secondary N) is 1. The lowest BCUT2D eigenvalue weighted by atomic mass is 10.1. The fraction of sp³-hybridized carbons (Fsp3) is 0.556. The topological polar surface area (TPSA) is 61.9 Å². The van der Waals surface area contributed by atoms with Crippen molar-refractivity contribution in [3.8, 4) is 0 Å². The van der Waals surface area contributed by atoms with Crippen molar-refractivity contribution in [3.05, 3.63) is 35.9 Å². The summed E-state index contributed by atoms with van der Waals surface area (Å²) < 4.78 is 5.55. The zero-order valence-corrected chi connectivity index (χ0v) is 14.1. The van der Waals surface area contributed by atoms with E-state index in [1.807, 2.05) is 47.1 Å². The van der Waals surface area contributed by atoms with Gasteiger partial charge in [-0.25, -0.2) is 0 Å². The van der Waals surface area contributed by atoms with Crippen LogP contribution in [0.5, 0.6) is 0 Å². The predicted molar refractivity (Wildman–Crippen MR) is 90.5 cm³/mol. The lowest BCUT2D eigenvalue weighted by Gasteiger charge is -2.38. The molecule has 2 fully saturated rings. The van der Waals surface area contributed by atoms with Crippen LogP contribution in [0.2, 0.25) is 0 Å². The molecule has 1 aromatic carbocycles. The highest BCUT2D eigenvalue weighted by atomic mass is 16.5. The molecule has 6 nitrogen and oxygen atoms in total. The third-order valence-electron chi connectivity index (χ3n) is 4.72. The summed E-state index contributed by atoms with van der Waals surface area (Å²) in [6.07, 6.45) is 0.313. The SMILES string of the molecule is C[C@H]1OCCN[C@@H]1C(=O)N1CCN(C(=O)Cc2ccccc2)CC1. The van der Waals surface area contributed by atoms with Gasteiger partial charge in [0.05, 0.1) is 19.1 Å². The van der Waals surface area contributed by atoms with Crippen LogP contribution in [0.25, 0.3) is 0 Å². The Bertz CT molecular complexity index is 570. The number of benzene rings is 1. The molecule has 6 heteroatoms. The molecule has 2 saturated heterocycles. The number of rotatable bonds is 3. The van der Waals surface area contributed by atoms with E-state index < -0.39 is 0 Å². The maximum absolute atomic E-state index is 12.6. The minimum atomic E-state index is -0.273. The zero-order chi connectivity index (χ0) is 16.9. The summed E-state index contributed by atoms with van der Waals surface area (Å²) in [6, 6.07) is 9.49. The molecule has 2 aliphatic heterocycles. The molecule has 24 heavy (non-hydrogen) atoms. The Morgan fingerprint density at radius 2 is 1.79 bits per heavy atom. The van der Waals surface area contributed by atoms with Crippen LogP contribution >= 0.6 is 0 Å². The van der Waals surface area contributed by atoms with Gasteiger partial charge in [0, 0.05) is 32.7 Å². The normalized spacial score (nSPS) is 24.7. The van der Waals surface area contributed by atoms with Gasteiger partial charge in [-0.2, -0.15) is 0 Å². The van der Waals surface area contributed by atoms with Gasteiger partial charge in [0.15, 0.2) is 0 Å². The smallest absolute Gasteiger partial charge is 0.242 e. The Morgan fingerprint density at radius 1 is 1.12 bits per heavy atom. The quantitative estimate of drug-likeness (QED) is 0.864. The molecule has 2 aliphatic rings. The first-order chi connectivity index (χ1) is 11.6. The average Bonchev–Trinajstić information content (AvgIpc) is 2.62. The molecule has 0 radical (unpaired) electrons. The van der Waals surface area contributed by atoms with Crippen molar-refractivity contribution in [3.63, 3.8) is 0 Å². The highest BCUT2D eigenvalue weighted by molar-refractivity contribution is 5.83. The molecule has 1 N–H and O–H groups in total. The van der Waals surface area contributed by atoms with Gasteiger partial charge in [-0.05, 0) is 12.5 Å². The average molecular weight is 331 g/mol. The summed E-state index contributed by atoms with van der Waals surface area (Å²) in [7, 11) is 0. The van der Waals surface area contributed by atoms with Crippen LogP contribution in [0.1, 0.15) is 12.5 Å². The third-order valence-corrected chi connectivity index (χ3v) is 4.72. The van der Waals surface area contributed by atoms with E-state index in [0.717, 1.165) is 5.56 Å². The van der Waals surface area contributed by atoms with Crippen LogP contribution in [0.15, 0.2) is 30.3 Å². The molecular weight excluding hydrogens is 306 g/mol. The molecule has 0 unspecified atom stereocenters. The molecule has 0 bridgehead atoms. The number of morpholine rings is 1. The van der Waals surface area contributed by atoms with Crippen LogP contribution in [0, 0.1) is 0 Å². The first-order valence-electron chi connectivity index (χ1n) is 8.60. The summed E-state index contributed by atoms with van der Waals surface area (Å²) in [6.45, 7) is 5.64. The maximum atomic E-state index is 12.6. The van der Waals surface area contributed by atoms with Crippen LogP contribution in [0.3, 0.4) is 0 Å². The lowest BCUT2D eigenvalue weighted by molar-refractivity contribution is -0.144. The largest absolute Gasteiger partial charge is 0.375 e. The molecule has 2 atom stereocenters. The first kappa shape index (κ1) is 16.9. The number of ether oxygens (including phenoxy) is 1. The molecule has 130 valence electrons. The van der Waals surface area contributed by atoms with Gasteiger partial charge in [0.1, 0.15) is 6.04 Å². The summed E-state index contributed by atoms with van der Waals surface area (Å²) >= 11 is 0. The summed E-state index contributed by atoms with van der Waals surface area (Å²) in [5, 5.41) is 3.24. The number of nitrogens with zero attached hydrogens (tertiary/aromatic N) is 2. The van der Waals surface area contributed by atoms with Crippen molar-refractivity contribution >= 4 is 11.8 Å². The highest BCUT2D eigenvalue weighted by Gasteiger charge is 2.33. The lowest BCUT2D eigenvalue weighted by Crippen LogP contribution is -2.60. The van der Waals surface area contributed by atoms with Gasteiger partial charge in [0.2, 0.25) is 11.8 Å². The van der Waals surface area contributed by atoms with Gasteiger partial charge in [0.25, 0.3) is 0 Å². The fourth-order valence-corrected chi connectivity index (χ4v) is 3.26. The number of hydrogen-bond donors (Lipinski definition) is 1. The zero-order valence-electron chi connectivity index (χ0n) is 14.1. The van der Waals surface area contributed by atoms with Crippen molar-refractivity contribution < 1.29 is 14.3 Å². The summed E-state index contributed by atoms with van der Waals surface area (Å²) in [5.41, 5.74) is 1.03. The molecule has 2 amide bonds. The minimum Gasteiger partial charge on any atom is -0.375 e. The van der Waals surface area contributed by atoms with Crippen molar-refractivity contribution in [2.45, 2.75) is 25.5 Å². The molecular formula is C18H25N3O3. The van der Waals surface area contributed by atoms with E-state index in [2.05, 4.69) is 5.32 Å². The van der Waals surface area contributed by atoms with Crippen LogP contribution < -0.4 is 5.32 Å². The third kappa shape index (κ3) is 3.94. The molecule has 2 heterocycles. The molecule has 0 spiro atoms. The molecule has 3 rings (SSSR count). The Labute approximate surface area is 142 Å². The summed E-state index contributed by atoms with van der Waals surface area (Å²) in [4.78, 5) is 28.7. The Morgan fingerprint density at radius 3 is 2.46 bits per heavy atom. The second kappa shape index (κ2) is 7.77. The van der Waals surface area contributed by atoms with Crippen molar-refractivity contribution in [1.29, 1.82) is 0 Å². The number of amides is 2. The Kier molecular flexibility index (Phi) is 5.48. The molecule has 1 aromatic rings. The predicted octanol–water partition coefficient (Wildman–Crippen LogP) is 0.277. The second-order valence-electron chi connectivity index (χ2n) is 6.38. The van der Waals surface area contributed by atoms with Gasteiger partial charge < -0.3 is 19.9 Å². The number of carbonyl (C=O) groups is 2. The monoisotopic (exact) mass is 331 g/mol. The molecule has 0 aromatic heterocycles. The van der Waals surface area contributed by atoms with E-state index in [-0.39, 0.29) is 24.0 Å². The van der Waals surface area contributed by atoms with Gasteiger partial charge in [-0.15, -0.1) is 0 Å².